The van der Waals surface area contributed by atoms with Crippen molar-refractivity contribution in [2.24, 2.45) is 5.92 Å². The summed E-state index contributed by atoms with van der Waals surface area (Å²) in [5, 5.41) is 19.7. The number of imide groups is 1. The number of allylic oxidation sites excluding steroid dienone is 1. The smallest absolute Gasteiger partial charge is 0.278 e. The SMILES string of the molecule is C=CCn1c(=O)c2cnc(Nc3ccc(N4CCN(CC5CCN(c6ccc(NC7CCC(=O)NC7=O)cc6F)CC5)CC4)c(C)c3)nc2n1-c1cccc(C(C)(C)O)n1. The van der Waals surface area contributed by atoms with E-state index in [9.17, 15) is 19.5 Å². The van der Waals surface area contributed by atoms with Crippen LogP contribution in [-0.2, 0) is 21.7 Å². The Labute approximate surface area is 347 Å². The van der Waals surface area contributed by atoms with Crippen molar-refractivity contribution >= 4 is 51.5 Å². The highest BCUT2D eigenvalue weighted by atomic mass is 19.1. The lowest BCUT2D eigenvalue weighted by atomic mass is 9.95. The van der Waals surface area contributed by atoms with Crippen LogP contribution in [0.2, 0.25) is 0 Å². The van der Waals surface area contributed by atoms with Crippen LogP contribution in [-0.4, -0.2) is 98.0 Å². The van der Waals surface area contributed by atoms with Crippen molar-refractivity contribution in [3.8, 4) is 5.82 Å². The van der Waals surface area contributed by atoms with Crippen molar-refractivity contribution in [3.05, 3.63) is 101 Å². The normalized spacial score (nSPS) is 18.2. The second kappa shape index (κ2) is 16.9. The highest BCUT2D eigenvalue weighted by Gasteiger charge is 2.29. The molecule has 15 nitrogen and oxygen atoms in total. The summed E-state index contributed by atoms with van der Waals surface area (Å²) < 4.78 is 18.4. The number of halogens is 1. The van der Waals surface area contributed by atoms with E-state index in [1.165, 1.54) is 22.6 Å². The summed E-state index contributed by atoms with van der Waals surface area (Å²) in [6.07, 6.45) is 5.80. The number of carbonyl (C=O) groups excluding carboxylic acids is 2. The Morgan fingerprint density at radius 3 is 2.37 bits per heavy atom. The molecule has 60 heavy (non-hydrogen) atoms. The molecule has 3 aliphatic rings. The number of carbonyl (C=O) groups is 2. The zero-order valence-corrected chi connectivity index (χ0v) is 34.3. The molecular weight excluding hydrogens is 766 g/mol. The van der Waals surface area contributed by atoms with Gasteiger partial charge in [0.25, 0.3) is 5.56 Å². The molecule has 2 aromatic carbocycles. The summed E-state index contributed by atoms with van der Waals surface area (Å²) in [6, 6.07) is 16.0. The van der Waals surface area contributed by atoms with Crippen LogP contribution in [0.15, 0.2) is 78.2 Å². The molecular formula is C44H52FN11O4. The Hall–Kier alpha value is -6.13. The van der Waals surface area contributed by atoms with Crippen molar-refractivity contribution in [2.45, 2.75) is 64.6 Å². The molecule has 0 radical (unpaired) electrons. The summed E-state index contributed by atoms with van der Waals surface area (Å²) in [6.45, 7) is 15.8. The number of pyridine rings is 1. The average molecular weight is 818 g/mol. The predicted molar refractivity (Wildman–Crippen MR) is 231 cm³/mol. The van der Waals surface area contributed by atoms with E-state index >= 15 is 4.39 Å². The molecule has 0 aliphatic carbocycles. The van der Waals surface area contributed by atoms with E-state index in [1.54, 1.807) is 54.9 Å². The number of nitrogens with zero attached hydrogens (tertiary/aromatic N) is 8. The number of piperazine rings is 1. The van der Waals surface area contributed by atoms with E-state index in [1.807, 2.05) is 6.07 Å². The number of anilines is 5. The van der Waals surface area contributed by atoms with Crippen molar-refractivity contribution in [2.75, 3.05) is 66.2 Å². The zero-order chi connectivity index (χ0) is 42.1. The minimum absolute atomic E-state index is 0.232. The Bertz CT molecular complexity index is 2480. The van der Waals surface area contributed by atoms with E-state index in [-0.39, 0.29) is 36.2 Å². The lowest BCUT2D eigenvalue weighted by molar-refractivity contribution is -0.133. The van der Waals surface area contributed by atoms with Crippen LogP contribution in [0.25, 0.3) is 16.9 Å². The van der Waals surface area contributed by atoms with E-state index in [4.69, 9.17) is 4.98 Å². The monoisotopic (exact) mass is 817 g/mol. The number of aromatic nitrogens is 5. The third-order valence-corrected chi connectivity index (χ3v) is 11.7. The topological polar surface area (TPSA) is 166 Å². The number of amides is 2. The lowest BCUT2D eigenvalue weighted by Crippen LogP contribution is -2.49. The Kier molecular flexibility index (Phi) is 11.4. The summed E-state index contributed by atoms with van der Waals surface area (Å²) in [5.41, 5.74) is 3.63. The summed E-state index contributed by atoms with van der Waals surface area (Å²) in [5.74, 6) is 0.346. The number of hydrogen-bond donors (Lipinski definition) is 4. The molecule has 0 spiro atoms. The van der Waals surface area contributed by atoms with Crippen LogP contribution in [0, 0.1) is 18.7 Å². The van der Waals surface area contributed by atoms with Crippen molar-refractivity contribution < 1.29 is 19.1 Å². The first-order valence-corrected chi connectivity index (χ1v) is 20.6. The van der Waals surface area contributed by atoms with Crippen molar-refractivity contribution in [3.63, 3.8) is 0 Å². The first kappa shape index (κ1) is 40.6. The first-order chi connectivity index (χ1) is 28.8. The number of rotatable bonds is 12. The van der Waals surface area contributed by atoms with Gasteiger partial charge in [-0.25, -0.2) is 23.7 Å². The highest BCUT2D eigenvalue weighted by Crippen LogP contribution is 2.31. The number of aliphatic hydroxyl groups is 1. The molecule has 3 saturated heterocycles. The molecule has 3 aromatic heterocycles. The molecule has 16 heteroatoms. The molecule has 0 saturated carbocycles. The van der Waals surface area contributed by atoms with Gasteiger partial charge in [0, 0.05) is 75.5 Å². The molecule has 0 bridgehead atoms. The summed E-state index contributed by atoms with van der Waals surface area (Å²) in [4.78, 5) is 58.0. The third kappa shape index (κ3) is 8.61. The maximum Gasteiger partial charge on any atom is 0.278 e. The maximum atomic E-state index is 15.3. The van der Waals surface area contributed by atoms with E-state index < -0.39 is 11.6 Å². The minimum Gasteiger partial charge on any atom is -0.384 e. The van der Waals surface area contributed by atoms with Gasteiger partial charge in [0.05, 0.1) is 17.9 Å². The minimum atomic E-state index is -1.18. The summed E-state index contributed by atoms with van der Waals surface area (Å²) in [7, 11) is 0. The number of hydrogen-bond acceptors (Lipinski definition) is 12. The van der Waals surface area contributed by atoms with E-state index in [0.29, 0.717) is 52.2 Å². The molecule has 6 heterocycles. The fourth-order valence-corrected chi connectivity index (χ4v) is 8.49. The lowest BCUT2D eigenvalue weighted by Gasteiger charge is -2.40. The number of fused-ring (bicyclic) bond motifs is 1. The second-order valence-electron chi connectivity index (χ2n) is 16.5. The number of benzene rings is 2. The predicted octanol–water partition coefficient (Wildman–Crippen LogP) is 4.84. The van der Waals surface area contributed by atoms with Gasteiger partial charge in [0.1, 0.15) is 22.8 Å². The van der Waals surface area contributed by atoms with Crippen LogP contribution in [0.5, 0.6) is 0 Å². The molecule has 5 aromatic rings. The van der Waals surface area contributed by atoms with Gasteiger partial charge in [-0.3, -0.25) is 24.6 Å². The van der Waals surface area contributed by atoms with Gasteiger partial charge >= 0.3 is 0 Å². The van der Waals surface area contributed by atoms with Crippen LogP contribution in [0.4, 0.5) is 33.1 Å². The molecule has 3 fully saturated rings. The molecule has 3 aliphatic heterocycles. The van der Waals surface area contributed by atoms with Crippen molar-refractivity contribution in [1.82, 2.24) is 34.5 Å². The van der Waals surface area contributed by atoms with E-state index in [2.05, 4.69) is 66.3 Å². The molecule has 2 amide bonds. The third-order valence-electron chi connectivity index (χ3n) is 11.7. The first-order valence-electron chi connectivity index (χ1n) is 20.6. The number of aryl methyl sites for hydroxylation is 1. The molecule has 314 valence electrons. The Balaban J connectivity index is 0.855. The van der Waals surface area contributed by atoms with Gasteiger partial charge < -0.3 is 25.5 Å². The van der Waals surface area contributed by atoms with Crippen molar-refractivity contribution in [1.29, 1.82) is 0 Å². The van der Waals surface area contributed by atoms with Gasteiger partial charge in [-0.05, 0) is 100 Å². The van der Waals surface area contributed by atoms with Gasteiger partial charge in [-0.2, -0.15) is 4.98 Å². The van der Waals surface area contributed by atoms with Gasteiger partial charge in [-0.15, -0.1) is 6.58 Å². The van der Waals surface area contributed by atoms with Crippen LogP contribution in [0.3, 0.4) is 0 Å². The maximum absolute atomic E-state index is 15.3. The van der Waals surface area contributed by atoms with Gasteiger partial charge in [0.2, 0.25) is 17.8 Å². The molecule has 8 rings (SSSR count). The largest absolute Gasteiger partial charge is 0.384 e. The molecule has 1 atom stereocenters. The summed E-state index contributed by atoms with van der Waals surface area (Å²) >= 11 is 0. The van der Waals surface area contributed by atoms with Gasteiger partial charge in [-0.1, -0.05) is 12.1 Å². The van der Waals surface area contributed by atoms with Crippen LogP contribution >= 0.6 is 0 Å². The molecule has 1 unspecified atom stereocenters. The number of piperidine rings is 2. The second-order valence-corrected chi connectivity index (χ2v) is 16.5. The molecule has 4 N–H and O–H groups in total. The average Bonchev–Trinajstić information content (AvgIpc) is 3.49. The highest BCUT2D eigenvalue weighted by molar-refractivity contribution is 6.01. The quantitative estimate of drug-likeness (QED) is 0.100. The fraction of sp³-hybridized carbons (Fsp3) is 0.409. The Morgan fingerprint density at radius 2 is 1.67 bits per heavy atom. The number of nitrogens with one attached hydrogen (secondary N) is 3. The Morgan fingerprint density at radius 1 is 0.933 bits per heavy atom. The standard InChI is InChI=1S/C44H52FN11O4/c1-5-17-55-42(59)32-26-46-43(51-40(32)56(55)38-8-6-7-37(49-38)44(3,4)60)48-30-9-12-35(28(2)24-30)54-22-20-52(21-23-54)27-29-15-18-53(19-16-29)36-13-10-31(25-33(36)45)47-34-11-14-39(57)50-41(34)58/h5-10,12-13,24-26,29,34,47,60H,1,11,14-23,27H2,2-4H3,(H,46,48,51)(H,50,57,58). The van der Waals surface area contributed by atoms with Crippen LogP contribution < -0.4 is 31.3 Å². The fourth-order valence-electron chi connectivity index (χ4n) is 8.49. The van der Waals surface area contributed by atoms with Gasteiger partial charge in [0.15, 0.2) is 11.5 Å². The zero-order valence-electron chi connectivity index (χ0n) is 34.3. The van der Waals surface area contributed by atoms with Crippen LogP contribution in [0.1, 0.15) is 50.8 Å². The van der Waals surface area contributed by atoms with E-state index in [0.717, 1.165) is 69.9 Å².